The van der Waals surface area contributed by atoms with Gasteiger partial charge >= 0.3 is 5.97 Å². The van der Waals surface area contributed by atoms with Gasteiger partial charge in [-0.15, -0.1) is 11.8 Å². The number of nitrogens with one attached hydrogen (secondary N) is 1. The van der Waals surface area contributed by atoms with Crippen molar-refractivity contribution in [2.24, 2.45) is 0 Å². The van der Waals surface area contributed by atoms with Gasteiger partial charge in [-0.3, -0.25) is 14.9 Å². The van der Waals surface area contributed by atoms with Gasteiger partial charge in [0.1, 0.15) is 23.5 Å². The number of benzene rings is 1. The van der Waals surface area contributed by atoms with E-state index in [1.807, 2.05) is 58.0 Å². The summed E-state index contributed by atoms with van der Waals surface area (Å²) in [5, 5.41) is 12.6. The number of nitrogens with zero attached hydrogens (tertiary/aromatic N) is 2. The number of fused-ring (bicyclic) bond motifs is 1. The molecule has 3 aliphatic heterocycles. The second-order valence-electron chi connectivity index (χ2n) is 8.30. The van der Waals surface area contributed by atoms with Crippen molar-refractivity contribution < 1.29 is 19.5 Å². The number of hydrogen-bond acceptors (Lipinski definition) is 5. The van der Waals surface area contributed by atoms with E-state index in [9.17, 15) is 19.5 Å². The van der Waals surface area contributed by atoms with Crippen LogP contribution >= 0.6 is 11.8 Å². The lowest BCUT2D eigenvalue weighted by Crippen LogP contribution is -2.73. The number of carbonyl (C=O) groups excluding carboxylic acids is 2. The molecule has 0 spiro atoms. The Labute approximate surface area is 162 Å². The molecule has 144 valence electrons. The lowest BCUT2D eigenvalue weighted by molar-refractivity contribution is -0.170. The van der Waals surface area contributed by atoms with E-state index in [1.165, 1.54) is 16.7 Å². The molecule has 4 atom stereocenters. The molecule has 1 aromatic rings. The first-order valence-electron chi connectivity index (χ1n) is 8.95. The molecule has 3 heterocycles. The van der Waals surface area contributed by atoms with Crippen molar-refractivity contribution in [3.8, 4) is 0 Å². The maximum Gasteiger partial charge on any atom is 0.327 e. The second-order valence-corrected chi connectivity index (χ2v) is 10.1. The number of β-lactam (4-membered cyclic amide) rings is 1. The van der Waals surface area contributed by atoms with E-state index in [0.29, 0.717) is 0 Å². The summed E-state index contributed by atoms with van der Waals surface area (Å²) >= 11 is 1.46. The Morgan fingerprint density at radius 1 is 1.11 bits per heavy atom. The van der Waals surface area contributed by atoms with Gasteiger partial charge in [-0.1, -0.05) is 30.3 Å². The Bertz CT molecular complexity index is 826. The number of thioether (sulfide) groups is 1. The number of carbonyl (C=O) groups is 3. The van der Waals surface area contributed by atoms with Crippen molar-refractivity contribution in [3.05, 3.63) is 35.9 Å². The first kappa shape index (κ1) is 18.3. The van der Waals surface area contributed by atoms with Crippen molar-refractivity contribution in [1.29, 1.82) is 0 Å². The molecule has 2 unspecified atom stereocenters. The minimum Gasteiger partial charge on any atom is -0.480 e. The summed E-state index contributed by atoms with van der Waals surface area (Å²) in [6.45, 7) is 7.43. The first-order valence-corrected chi connectivity index (χ1v) is 9.83. The van der Waals surface area contributed by atoms with Gasteiger partial charge in [0.25, 0.3) is 0 Å². The van der Waals surface area contributed by atoms with E-state index in [-0.39, 0.29) is 17.2 Å². The van der Waals surface area contributed by atoms with E-state index < -0.39 is 34.5 Å². The topological polar surface area (TPSA) is 90.0 Å². The number of carboxylic acids is 1. The molecule has 1 aromatic carbocycles. The number of hydrogen-bond donors (Lipinski definition) is 2. The van der Waals surface area contributed by atoms with E-state index in [0.717, 1.165) is 5.56 Å². The standard InChI is InChI=1S/C19H23N3O4S/c1-18(2)13(17(25)26)21-15(24)12(16(21)27-18)22-14(23)11(20-19(22,3)4)10-8-6-5-7-9-10/h5-9,11-13,16,20H,1-4H3,(H,25,26)/t11?,12?,13-,16+/m0/s1. The van der Waals surface area contributed by atoms with Gasteiger partial charge in [-0.05, 0) is 33.3 Å². The number of carboxylic acid groups (broad SMARTS) is 1. The highest BCUT2D eigenvalue weighted by molar-refractivity contribution is 8.01. The first-order chi connectivity index (χ1) is 12.6. The normalized spacial score (nSPS) is 33.8. The third-order valence-electron chi connectivity index (χ3n) is 5.64. The van der Waals surface area contributed by atoms with E-state index >= 15 is 0 Å². The Hall–Kier alpha value is -2.06. The third kappa shape index (κ3) is 2.50. The van der Waals surface area contributed by atoms with Crippen LogP contribution in [0.4, 0.5) is 0 Å². The van der Waals surface area contributed by atoms with Gasteiger partial charge in [0.05, 0.1) is 5.66 Å². The minimum atomic E-state index is -1.01. The fraction of sp³-hybridized carbons (Fsp3) is 0.526. The van der Waals surface area contributed by atoms with Gasteiger partial charge in [-0.2, -0.15) is 0 Å². The van der Waals surface area contributed by atoms with Crippen LogP contribution in [0.2, 0.25) is 0 Å². The highest BCUT2D eigenvalue weighted by Crippen LogP contribution is 2.53. The average molecular weight is 389 g/mol. The monoisotopic (exact) mass is 389 g/mol. The molecule has 7 nitrogen and oxygen atoms in total. The van der Waals surface area contributed by atoms with Crippen LogP contribution in [0.1, 0.15) is 39.3 Å². The van der Waals surface area contributed by atoms with Crippen LogP contribution in [-0.4, -0.2) is 60.6 Å². The van der Waals surface area contributed by atoms with Gasteiger partial charge < -0.3 is 14.9 Å². The second kappa shape index (κ2) is 5.72. The Kier molecular flexibility index (Phi) is 3.88. The number of amides is 2. The summed E-state index contributed by atoms with van der Waals surface area (Å²) in [4.78, 5) is 40.9. The van der Waals surface area contributed by atoms with Gasteiger partial charge in [-0.25, -0.2) is 4.79 Å². The molecule has 0 radical (unpaired) electrons. The molecule has 0 bridgehead atoms. The van der Waals surface area contributed by atoms with Crippen molar-refractivity contribution in [2.45, 2.75) is 61.6 Å². The van der Waals surface area contributed by atoms with Gasteiger partial charge in [0, 0.05) is 4.75 Å². The Balaban J connectivity index is 1.65. The molecule has 0 aliphatic carbocycles. The predicted octanol–water partition coefficient (Wildman–Crippen LogP) is 1.41. The molecule has 3 fully saturated rings. The molecule has 2 amide bonds. The predicted molar refractivity (Wildman–Crippen MR) is 101 cm³/mol. The zero-order valence-electron chi connectivity index (χ0n) is 15.7. The molecular formula is C19H23N3O4S. The minimum absolute atomic E-state index is 0.151. The molecule has 8 heteroatoms. The average Bonchev–Trinajstić information content (AvgIpc) is 2.98. The summed E-state index contributed by atoms with van der Waals surface area (Å²) in [5.41, 5.74) is 0.139. The van der Waals surface area contributed by atoms with Crippen molar-refractivity contribution in [3.63, 3.8) is 0 Å². The maximum atomic E-state index is 13.2. The largest absolute Gasteiger partial charge is 0.480 e. The highest BCUT2D eigenvalue weighted by atomic mass is 32.2. The molecular weight excluding hydrogens is 366 g/mol. The smallest absolute Gasteiger partial charge is 0.327 e. The van der Waals surface area contributed by atoms with Crippen LogP contribution in [0.5, 0.6) is 0 Å². The molecule has 3 saturated heterocycles. The molecule has 0 saturated carbocycles. The molecule has 27 heavy (non-hydrogen) atoms. The van der Waals surface area contributed by atoms with Crippen molar-refractivity contribution >= 4 is 29.5 Å². The van der Waals surface area contributed by atoms with Crippen LogP contribution in [0.3, 0.4) is 0 Å². The summed E-state index contributed by atoms with van der Waals surface area (Å²) < 4.78 is -0.611. The summed E-state index contributed by atoms with van der Waals surface area (Å²) in [6, 6.07) is 7.37. The fourth-order valence-electron chi connectivity index (χ4n) is 4.49. The lowest BCUT2D eigenvalue weighted by atomic mass is 9.94. The van der Waals surface area contributed by atoms with Crippen molar-refractivity contribution in [2.75, 3.05) is 0 Å². The van der Waals surface area contributed by atoms with Crippen LogP contribution in [0.25, 0.3) is 0 Å². The molecule has 2 N–H and O–H groups in total. The lowest BCUT2D eigenvalue weighted by Gasteiger charge is -2.50. The molecule has 3 aliphatic rings. The number of rotatable bonds is 3. The SMILES string of the molecule is CC1(C)S[C@@H]2C(N3C(=O)C(c4ccccc4)NC3(C)C)C(=O)N2[C@H]1C(=O)O. The Morgan fingerprint density at radius 3 is 2.33 bits per heavy atom. The van der Waals surface area contributed by atoms with E-state index in [4.69, 9.17) is 0 Å². The molecule has 4 rings (SSSR count). The Morgan fingerprint density at radius 2 is 1.74 bits per heavy atom. The fourth-order valence-corrected chi connectivity index (χ4v) is 6.16. The van der Waals surface area contributed by atoms with E-state index in [2.05, 4.69) is 5.32 Å². The summed E-state index contributed by atoms with van der Waals surface area (Å²) in [6.07, 6.45) is 0. The quantitative estimate of drug-likeness (QED) is 0.760. The number of aliphatic carboxylic acids is 1. The zero-order valence-corrected chi connectivity index (χ0v) is 16.5. The van der Waals surface area contributed by atoms with E-state index in [1.54, 1.807) is 4.90 Å². The third-order valence-corrected chi connectivity index (χ3v) is 7.20. The van der Waals surface area contributed by atoms with Crippen LogP contribution in [0, 0.1) is 0 Å². The van der Waals surface area contributed by atoms with Gasteiger partial charge in [0.15, 0.2) is 0 Å². The summed E-state index contributed by atoms with van der Waals surface area (Å²) in [5.74, 6) is -1.45. The van der Waals surface area contributed by atoms with Gasteiger partial charge in [0.2, 0.25) is 11.8 Å². The van der Waals surface area contributed by atoms with Crippen LogP contribution in [-0.2, 0) is 14.4 Å². The summed E-state index contributed by atoms with van der Waals surface area (Å²) in [7, 11) is 0. The van der Waals surface area contributed by atoms with Crippen LogP contribution < -0.4 is 5.32 Å². The van der Waals surface area contributed by atoms with Crippen molar-refractivity contribution in [1.82, 2.24) is 15.1 Å². The molecule has 0 aromatic heterocycles. The maximum absolute atomic E-state index is 13.2. The zero-order chi connectivity index (χ0) is 19.7. The van der Waals surface area contributed by atoms with Crippen LogP contribution in [0.15, 0.2) is 30.3 Å². The highest BCUT2D eigenvalue weighted by Gasteiger charge is 2.68.